The molecule has 2 nitrogen and oxygen atoms in total. The number of amides is 1. The van der Waals surface area contributed by atoms with E-state index in [1.165, 1.54) is 6.07 Å². The second-order valence-corrected chi connectivity index (χ2v) is 6.24. The molecule has 1 amide bonds. The molecule has 1 saturated heterocycles. The third-order valence-electron chi connectivity index (χ3n) is 3.80. The van der Waals surface area contributed by atoms with Gasteiger partial charge in [0.2, 0.25) is 0 Å². The number of benzene rings is 1. The van der Waals surface area contributed by atoms with Gasteiger partial charge in [0.05, 0.1) is 0 Å². The van der Waals surface area contributed by atoms with Crippen molar-refractivity contribution in [2.45, 2.75) is 27.7 Å². The van der Waals surface area contributed by atoms with Crippen LogP contribution in [0.25, 0.3) is 0 Å². The molecular formula is C15H20FNO. The van der Waals surface area contributed by atoms with Gasteiger partial charge in [0.15, 0.2) is 0 Å². The van der Waals surface area contributed by atoms with Crippen LogP contribution in [0.2, 0.25) is 0 Å². The van der Waals surface area contributed by atoms with Crippen LogP contribution in [0.3, 0.4) is 0 Å². The minimum Gasteiger partial charge on any atom is -0.338 e. The molecule has 1 aliphatic heterocycles. The van der Waals surface area contributed by atoms with Crippen LogP contribution in [-0.2, 0) is 0 Å². The first-order valence-corrected chi connectivity index (χ1v) is 6.34. The first-order chi connectivity index (χ1) is 8.29. The first-order valence-electron chi connectivity index (χ1n) is 6.34. The van der Waals surface area contributed by atoms with Crippen LogP contribution in [0.1, 0.15) is 36.7 Å². The third-order valence-corrected chi connectivity index (χ3v) is 3.80. The minimum atomic E-state index is -0.261. The van der Waals surface area contributed by atoms with E-state index in [9.17, 15) is 9.18 Å². The van der Waals surface area contributed by atoms with Crippen molar-refractivity contribution in [3.63, 3.8) is 0 Å². The molecule has 0 aromatic heterocycles. The molecule has 0 spiro atoms. The number of carbonyl (C=O) groups excluding carboxylic acids is 1. The summed E-state index contributed by atoms with van der Waals surface area (Å²) in [5.74, 6) is 0.310. The molecule has 0 aliphatic carbocycles. The smallest absolute Gasteiger partial charge is 0.253 e. The van der Waals surface area contributed by atoms with Gasteiger partial charge < -0.3 is 4.90 Å². The Morgan fingerprint density at radius 2 is 1.94 bits per heavy atom. The van der Waals surface area contributed by atoms with Crippen molar-refractivity contribution in [2.24, 2.45) is 11.3 Å². The van der Waals surface area contributed by atoms with Gasteiger partial charge in [-0.05, 0) is 42.0 Å². The van der Waals surface area contributed by atoms with Crippen molar-refractivity contribution in [1.29, 1.82) is 0 Å². The standard InChI is InChI=1S/C15H20FNO/c1-10-7-11(5-6-13(10)16)14(18)17-8-12(9-17)15(2,3)4/h5-7,12H,8-9H2,1-4H3. The molecule has 3 heteroatoms. The molecule has 0 unspecified atom stereocenters. The highest BCUT2D eigenvalue weighted by Crippen LogP contribution is 2.34. The van der Waals surface area contributed by atoms with Gasteiger partial charge in [-0.3, -0.25) is 4.79 Å². The molecule has 1 aromatic rings. The highest BCUT2D eigenvalue weighted by Gasteiger charge is 2.38. The van der Waals surface area contributed by atoms with E-state index in [0.29, 0.717) is 17.0 Å². The molecule has 0 bridgehead atoms. The van der Waals surface area contributed by atoms with Crippen molar-refractivity contribution >= 4 is 5.91 Å². The van der Waals surface area contributed by atoms with Gasteiger partial charge in [0.1, 0.15) is 5.82 Å². The molecule has 0 atom stereocenters. The Balaban J connectivity index is 2.04. The topological polar surface area (TPSA) is 20.3 Å². The normalized spacial score (nSPS) is 16.6. The average Bonchev–Trinajstić information content (AvgIpc) is 2.17. The number of halogens is 1. The van der Waals surface area contributed by atoms with Gasteiger partial charge in [-0.15, -0.1) is 0 Å². The number of rotatable bonds is 1. The largest absolute Gasteiger partial charge is 0.338 e. The summed E-state index contributed by atoms with van der Waals surface area (Å²) < 4.78 is 13.2. The summed E-state index contributed by atoms with van der Waals surface area (Å²) in [6.07, 6.45) is 0. The lowest BCUT2D eigenvalue weighted by molar-refractivity contribution is 0.0210. The summed E-state index contributed by atoms with van der Waals surface area (Å²) in [5, 5.41) is 0. The van der Waals surface area contributed by atoms with E-state index in [4.69, 9.17) is 0 Å². The predicted octanol–water partition coefficient (Wildman–Crippen LogP) is 3.25. The van der Waals surface area contributed by atoms with Gasteiger partial charge in [-0.1, -0.05) is 20.8 Å². The summed E-state index contributed by atoms with van der Waals surface area (Å²) in [6, 6.07) is 4.56. The van der Waals surface area contributed by atoms with Crippen molar-refractivity contribution in [3.8, 4) is 0 Å². The Labute approximate surface area is 108 Å². The van der Waals surface area contributed by atoms with E-state index in [2.05, 4.69) is 20.8 Å². The summed E-state index contributed by atoms with van der Waals surface area (Å²) in [7, 11) is 0. The van der Waals surface area contributed by atoms with E-state index in [0.717, 1.165) is 13.1 Å². The van der Waals surface area contributed by atoms with Crippen molar-refractivity contribution in [1.82, 2.24) is 4.90 Å². The zero-order valence-corrected chi connectivity index (χ0v) is 11.5. The third kappa shape index (κ3) is 2.40. The average molecular weight is 249 g/mol. The summed E-state index contributed by atoms with van der Waals surface area (Å²) in [6.45, 7) is 9.88. The Morgan fingerprint density at radius 3 is 2.44 bits per heavy atom. The lowest BCUT2D eigenvalue weighted by Gasteiger charge is -2.46. The fourth-order valence-electron chi connectivity index (χ4n) is 2.15. The zero-order chi connectivity index (χ0) is 13.5. The molecule has 0 radical (unpaired) electrons. The Bertz CT molecular complexity index is 470. The number of hydrogen-bond acceptors (Lipinski definition) is 1. The molecular weight excluding hydrogens is 229 g/mol. The molecule has 1 aromatic carbocycles. The van der Waals surface area contributed by atoms with Crippen molar-refractivity contribution in [3.05, 3.63) is 35.1 Å². The fraction of sp³-hybridized carbons (Fsp3) is 0.533. The SMILES string of the molecule is Cc1cc(C(=O)N2CC(C(C)(C)C)C2)ccc1F. The second kappa shape index (κ2) is 4.38. The van der Waals surface area contributed by atoms with E-state index < -0.39 is 0 Å². The van der Waals surface area contributed by atoms with Crippen LogP contribution in [0, 0.1) is 24.1 Å². The quantitative estimate of drug-likeness (QED) is 0.748. The lowest BCUT2D eigenvalue weighted by atomic mass is 9.76. The maximum Gasteiger partial charge on any atom is 0.253 e. The number of nitrogens with zero attached hydrogens (tertiary/aromatic N) is 1. The maximum atomic E-state index is 13.2. The summed E-state index contributed by atoms with van der Waals surface area (Å²) in [4.78, 5) is 14.0. The maximum absolute atomic E-state index is 13.2. The monoisotopic (exact) mass is 249 g/mol. The van der Waals surface area contributed by atoms with Crippen LogP contribution in [-0.4, -0.2) is 23.9 Å². The minimum absolute atomic E-state index is 0.0126. The molecule has 0 saturated carbocycles. The van der Waals surface area contributed by atoms with Gasteiger partial charge >= 0.3 is 0 Å². The van der Waals surface area contributed by atoms with Gasteiger partial charge in [-0.25, -0.2) is 4.39 Å². The van der Waals surface area contributed by atoms with Crippen molar-refractivity contribution < 1.29 is 9.18 Å². The number of likely N-dealkylation sites (tertiary alicyclic amines) is 1. The van der Waals surface area contributed by atoms with E-state index >= 15 is 0 Å². The van der Waals surface area contributed by atoms with E-state index in [-0.39, 0.29) is 17.1 Å². The summed E-state index contributed by atoms with van der Waals surface area (Å²) >= 11 is 0. The fourth-order valence-corrected chi connectivity index (χ4v) is 2.15. The molecule has 0 N–H and O–H groups in total. The van der Waals surface area contributed by atoms with Gasteiger partial charge in [0, 0.05) is 18.7 Å². The lowest BCUT2D eigenvalue weighted by Crippen LogP contribution is -2.54. The molecule has 1 fully saturated rings. The highest BCUT2D eigenvalue weighted by molar-refractivity contribution is 5.94. The summed E-state index contributed by atoms with van der Waals surface area (Å²) in [5.41, 5.74) is 1.35. The molecule has 18 heavy (non-hydrogen) atoms. The van der Waals surface area contributed by atoms with Gasteiger partial charge in [0.25, 0.3) is 5.91 Å². The van der Waals surface area contributed by atoms with Crippen LogP contribution in [0.4, 0.5) is 4.39 Å². The van der Waals surface area contributed by atoms with Crippen LogP contribution >= 0.6 is 0 Å². The Morgan fingerprint density at radius 1 is 1.33 bits per heavy atom. The molecule has 1 aliphatic rings. The van der Waals surface area contributed by atoms with E-state index in [1.807, 2.05) is 4.90 Å². The molecule has 2 rings (SSSR count). The zero-order valence-electron chi connectivity index (χ0n) is 11.5. The van der Waals surface area contributed by atoms with E-state index in [1.54, 1.807) is 19.1 Å². The predicted molar refractivity (Wildman–Crippen MR) is 70.0 cm³/mol. The van der Waals surface area contributed by atoms with Gasteiger partial charge in [-0.2, -0.15) is 0 Å². The van der Waals surface area contributed by atoms with Crippen LogP contribution in [0.15, 0.2) is 18.2 Å². The molecule has 1 heterocycles. The second-order valence-electron chi connectivity index (χ2n) is 6.24. The number of aryl methyl sites for hydroxylation is 1. The Kier molecular flexibility index (Phi) is 3.18. The van der Waals surface area contributed by atoms with Crippen LogP contribution in [0.5, 0.6) is 0 Å². The Hall–Kier alpha value is -1.38. The molecule has 98 valence electrons. The first kappa shape index (κ1) is 13.1. The highest BCUT2D eigenvalue weighted by atomic mass is 19.1. The van der Waals surface area contributed by atoms with Crippen LogP contribution < -0.4 is 0 Å². The number of carbonyl (C=O) groups is 1. The van der Waals surface area contributed by atoms with Crippen molar-refractivity contribution in [2.75, 3.05) is 13.1 Å². The number of hydrogen-bond donors (Lipinski definition) is 0.